The highest BCUT2D eigenvalue weighted by Gasteiger charge is 2.17. The van der Waals surface area contributed by atoms with Crippen molar-refractivity contribution in [1.82, 2.24) is 0 Å². The van der Waals surface area contributed by atoms with E-state index in [1.807, 2.05) is 0 Å². The van der Waals surface area contributed by atoms with Gasteiger partial charge >= 0.3 is 0 Å². The Labute approximate surface area is 182 Å². The molecule has 166 valence electrons. The summed E-state index contributed by atoms with van der Waals surface area (Å²) in [7, 11) is -4.14. The average Bonchev–Trinajstić information content (AvgIpc) is 2.75. The van der Waals surface area contributed by atoms with E-state index in [1.165, 1.54) is 36.4 Å². The van der Waals surface area contributed by atoms with Crippen molar-refractivity contribution in [1.29, 1.82) is 0 Å². The van der Waals surface area contributed by atoms with Crippen LogP contribution < -0.4 is 10.0 Å². The minimum Gasteiger partial charge on any atom is -0.326 e. The van der Waals surface area contributed by atoms with Crippen LogP contribution in [0.25, 0.3) is 0 Å². The maximum atomic E-state index is 13.3. The number of carbonyl (C=O) groups excluding carboxylic acids is 2. The van der Waals surface area contributed by atoms with E-state index in [4.69, 9.17) is 0 Å². The number of sulfonamides is 1. The Morgan fingerprint density at radius 2 is 1.38 bits per heavy atom. The number of ketones is 1. The number of carbonyl (C=O) groups is 2. The average molecular weight is 462 g/mol. The van der Waals surface area contributed by atoms with Crippen molar-refractivity contribution < 1.29 is 31.2 Å². The molecule has 3 aromatic carbocycles. The summed E-state index contributed by atoms with van der Waals surface area (Å²) in [4.78, 5) is 23.6. The van der Waals surface area contributed by atoms with Gasteiger partial charge in [0, 0.05) is 29.8 Å². The minimum atomic E-state index is -4.14. The van der Waals surface area contributed by atoms with Crippen molar-refractivity contribution in [2.75, 3.05) is 10.0 Å². The van der Waals surface area contributed by atoms with Gasteiger partial charge in [-0.2, -0.15) is 0 Å². The van der Waals surface area contributed by atoms with Crippen LogP contribution >= 0.6 is 0 Å². The van der Waals surface area contributed by atoms with Gasteiger partial charge in [-0.15, -0.1) is 0 Å². The van der Waals surface area contributed by atoms with E-state index in [-0.39, 0.29) is 24.3 Å². The highest BCUT2D eigenvalue weighted by Crippen LogP contribution is 2.20. The number of halogens is 3. The molecule has 0 aliphatic heterocycles. The summed E-state index contributed by atoms with van der Waals surface area (Å²) < 4.78 is 66.0. The molecule has 0 atom stereocenters. The fraction of sp³-hybridized carbons (Fsp3) is 0.0909. The molecule has 2 N–H and O–H groups in total. The molecule has 0 bridgehead atoms. The van der Waals surface area contributed by atoms with Crippen LogP contribution in [0.5, 0.6) is 0 Å². The number of benzene rings is 3. The predicted octanol–water partition coefficient (Wildman–Crippen LogP) is 4.51. The molecule has 1 amide bonds. The summed E-state index contributed by atoms with van der Waals surface area (Å²) in [6.07, 6.45) is -0.162. The molecule has 0 aliphatic rings. The number of anilines is 2. The lowest BCUT2D eigenvalue weighted by molar-refractivity contribution is -0.116. The molecule has 0 saturated carbocycles. The second-order valence-electron chi connectivity index (χ2n) is 6.74. The first kappa shape index (κ1) is 23.0. The highest BCUT2D eigenvalue weighted by molar-refractivity contribution is 7.92. The SMILES string of the molecule is O=C(CCC(=O)c1ccc(F)cc1)Nc1ccc(NS(=O)(=O)c2ccc(F)c(F)c2)cc1. The molecule has 0 fully saturated rings. The van der Waals surface area contributed by atoms with E-state index in [9.17, 15) is 31.2 Å². The fourth-order valence-electron chi connectivity index (χ4n) is 2.71. The number of nitrogens with one attached hydrogen (secondary N) is 2. The molecule has 3 aromatic rings. The minimum absolute atomic E-state index is 0.0659. The Bertz CT molecular complexity index is 1250. The van der Waals surface area contributed by atoms with Crippen LogP contribution in [0.15, 0.2) is 71.6 Å². The Morgan fingerprint density at radius 1 is 0.750 bits per heavy atom. The van der Waals surface area contributed by atoms with Gasteiger partial charge in [0.1, 0.15) is 5.82 Å². The second-order valence-corrected chi connectivity index (χ2v) is 8.42. The molecule has 0 spiro atoms. The number of rotatable bonds is 8. The maximum Gasteiger partial charge on any atom is 0.261 e. The smallest absolute Gasteiger partial charge is 0.261 e. The molecule has 32 heavy (non-hydrogen) atoms. The summed E-state index contributed by atoms with van der Waals surface area (Å²) in [5, 5.41) is 2.57. The third kappa shape index (κ3) is 5.94. The molecular formula is C22H17F3N2O4S. The van der Waals surface area contributed by atoms with Crippen LogP contribution in [0.1, 0.15) is 23.2 Å². The van der Waals surface area contributed by atoms with Gasteiger partial charge in [0.15, 0.2) is 17.4 Å². The Morgan fingerprint density at radius 3 is 2.00 bits per heavy atom. The lowest BCUT2D eigenvalue weighted by Crippen LogP contribution is -2.14. The molecule has 0 aliphatic carbocycles. The van der Waals surface area contributed by atoms with Gasteiger partial charge in [0.25, 0.3) is 10.0 Å². The van der Waals surface area contributed by atoms with Gasteiger partial charge in [-0.1, -0.05) is 0 Å². The van der Waals surface area contributed by atoms with Gasteiger partial charge in [-0.05, 0) is 66.7 Å². The summed E-state index contributed by atoms with van der Waals surface area (Å²) in [6.45, 7) is 0. The van der Waals surface area contributed by atoms with Crippen LogP contribution in [0.2, 0.25) is 0 Å². The lowest BCUT2D eigenvalue weighted by Gasteiger charge is -2.10. The molecule has 3 rings (SSSR count). The van der Waals surface area contributed by atoms with E-state index in [0.29, 0.717) is 23.4 Å². The van der Waals surface area contributed by atoms with Gasteiger partial charge in [0.2, 0.25) is 5.91 Å². The Kier molecular flexibility index (Phi) is 6.94. The summed E-state index contributed by atoms with van der Waals surface area (Å²) >= 11 is 0. The standard InChI is InChI=1S/C22H17F3N2O4S/c23-15-3-1-14(2-4-15)21(28)11-12-22(29)26-16-5-7-17(8-6-16)27-32(30,31)18-9-10-19(24)20(25)13-18/h1-10,13,27H,11-12H2,(H,26,29). The molecule has 10 heteroatoms. The normalized spacial score (nSPS) is 11.1. The zero-order valence-electron chi connectivity index (χ0n) is 16.4. The van der Waals surface area contributed by atoms with E-state index in [2.05, 4.69) is 10.0 Å². The second kappa shape index (κ2) is 9.65. The zero-order chi connectivity index (χ0) is 23.3. The van der Waals surface area contributed by atoms with E-state index in [0.717, 1.165) is 18.2 Å². The zero-order valence-corrected chi connectivity index (χ0v) is 17.3. The van der Waals surface area contributed by atoms with E-state index in [1.54, 1.807) is 0 Å². The summed E-state index contributed by atoms with van der Waals surface area (Å²) in [5.74, 6) is -3.65. The van der Waals surface area contributed by atoms with Crippen LogP contribution in [-0.2, 0) is 14.8 Å². The summed E-state index contributed by atoms with van der Waals surface area (Å²) in [6, 6.07) is 12.8. The Hall–Kier alpha value is -3.66. The number of hydrogen-bond acceptors (Lipinski definition) is 4. The first-order chi connectivity index (χ1) is 15.1. The quantitative estimate of drug-likeness (QED) is 0.482. The monoisotopic (exact) mass is 462 g/mol. The predicted molar refractivity (Wildman–Crippen MR) is 112 cm³/mol. The first-order valence-electron chi connectivity index (χ1n) is 9.30. The maximum absolute atomic E-state index is 13.3. The van der Waals surface area contributed by atoms with Crippen molar-refractivity contribution >= 4 is 33.1 Å². The topological polar surface area (TPSA) is 92.3 Å². The van der Waals surface area contributed by atoms with Gasteiger partial charge in [0.05, 0.1) is 4.90 Å². The van der Waals surface area contributed by atoms with Crippen molar-refractivity contribution in [3.63, 3.8) is 0 Å². The number of hydrogen-bond donors (Lipinski definition) is 2. The fourth-order valence-corrected chi connectivity index (χ4v) is 3.78. The molecule has 0 radical (unpaired) electrons. The van der Waals surface area contributed by atoms with Crippen LogP contribution in [0.4, 0.5) is 24.5 Å². The van der Waals surface area contributed by atoms with Crippen LogP contribution in [0, 0.1) is 17.5 Å². The highest BCUT2D eigenvalue weighted by atomic mass is 32.2. The van der Waals surface area contributed by atoms with Crippen LogP contribution in [-0.4, -0.2) is 20.1 Å². The summed E-state index contributed by atoms with van der Waals surface area (Å²) in [5.41, 5.74) is 0.802. The largest absolute Gasteiger partial charge is 0.326 e. The van der Waals surface area contributed by atoms with E-state index >= 15 is 0 Å². The van der Waals surface area contributed by atoms with E-state index < -0.39 is 38.3 Å². The Balaban J connectivity index is 1.55. The molecule has 6 nitrogen and oxygen atoms in total. The molecule has 0 saturated heterocycles. The van der Waals surface area contributed by atoms with Gasteiger partial charge in [-0.25, -0.2) is 21.6 Å². The number of Topliss-reactive ketones (excluding diaryl/α,β-unsaturated/α-hetero) is 1. The van der Waals surface area contributed by atoms with Gasteiger partial charge < -0.3 is 5.32 Å². The van der Waals surface area contributed by atoms with Crippen LogP contribution in [0.3, 0.4) is 0 Å². The van der Waals surface area contributed by atoms with Crippen molar-refractivity contribution in [3.05, 3.63) is 89.7 Å². The molecular weight excluding hydrogens is 445 g/mol. The van der Waals surface area contributed by atoms with Crippen molar-refractivity contribution in [3.8, 4) is 0 Å². The molecule has 0 heterocycles. The molecule has 0 unspecified atom stereocenters. The van der Waals surface area contributed by atoms with Crippen molar-refractivity contribution in [2.24, 2.45) is 0 Å². The van der Waals surface area contributed by atoms with Gasteiger partial charge in [-0.3, -0.25) is 14.3 Å². The lowest BCUT2D eigenvalue weighted by atomic mass is 10.1. The molecule has 0 aromatic heterocycles. The van der Waals surface area contributed by atoms with Crippen molar-refractivity contribution in [2.45, 2.75) is 17.7 Å². The first-order valence-corrected chi connectivity index (χ1v) is 10.8. The third-order valence-electron chi connectivity index (χ3n) is 4.37. The number of amides is 1. The third-order valence-corrected chi connectivity index (χ3v) is 5.75.